The summed E-state index contributed by atoms with van der Waals surface area (Å²) in [7, 11) is 3.38. The van der Waals surface area contributed by atoms with Gasteiger partial charge in [-0.1, -0.05) is 6.07 Å². The second-order valence-corrected chi connectivity index (χ2v) is 8.23. The average Bonchev–Trinajstić information content (AvgIpc) is 3.17. The normalized spacial score (nSPS) is 14.5. The third-order valence-corrected chi connectivity index (χ3v) is 6.00. The van der Waals surface area contributed by atoms with Crippen molar-refractivity contribution in [3.63, 3.8) is 0 Å². The number of hydrogen-bond donors (Lipinski definition) is 2. The topological polar surface area (TPSA) is 124 Å². The summed E-state index contributed by atoms with van der Waals surface area (Å²) in [6.45, 7) is 1.94. The van der Waals surface area contributed by atoms with Crippen LogP contribution in [-0.2, 0) is 7.05 Å². The summed E-state index contributed by atoms with van der Waals surface area (Å²) >= 11 is 0. The number of rotatable bonds is 5. The number of carboxylic acid groups (broad SMARTS) is 1. The second kappa shape index (κ2) is 6.98. The number of benzene rings is 1. The summed E-state index contributed by atoms with van der Waals surface area (Å²) in [5, 5.41) is 18.7. The van der Waals surface area contributed by atoms with Crippen LogP contribution in [0.2, 0.25) is 0 Å². The van der Waals surface area contributed by atoms with Gasteiger partial charge in [0.1, 0.15) is 23.3 Å². The Labute approximate surface area is 183 Å². The molecule has 32 heavy (non-hydrogen) atoms. The van der Waals surface area contributed by atoms with Crippen molar-refractivity contribution in [3.05, 3.63) is 42.9 Å². The molecule has 0 atom stereocenters. The molecule has 0 bridgehead atoms. The maximum Gasteiger partial charge on any atom is 0.412 e. The molecule has 3 aromatic heterocycles. The second-order valence-electron chi connectivity index (χ2n) is 8.23. The summed E-state index contributed by atoms with van der Waals surface area (Å²) in [5.74, 6) is 0.796. The molecule has 164 valence electrons. The van der Waals surface area contributed by atoms with Gasteiger partial charge in [0.05, 0.1) is 18.5 Å². The van der Waals surface area contributed by atoms with Crippen LogP contribution >= 0.6 is 0 Å². The molecule has 1 aliphatic rings. The molecule has 10 heteroatoms. The van der Waals surface area contributed by atoms with E-state index in [1.165, 1.54) is 18.3 Å². The highest BCUT2D eigenvalue weighted by atomic mass is 16.5. The highest BCUT2D eigenvalue weighted by molar-refractivity contribution is 5.95. The van der Waals surface area contributed by atoms with E-state index in [9.17, 15) is 9.90 Å². The van der Waals surface area contributed by atoms with Gasteiger partial charge in [-0.3, -0.25) is 9.58 Å². The largest absolute Gasteiger partial charge is 0.495 e. The zero-order valence-corrected chi connectivity index (χ0v) is 18.0. The summed E-state index contributed by atoms with van der Waals surface area (Å²) in [6.07, 6.45) is 3.89. The van der Waals surface area contributed by atoms with Crippen LogP contribution in [0.3, 0.4) is 0 Å². The minimum atomic E-state index is -1.000. The first-order chi connectivity index (χ1) is 15.3. The van der Waals surface area contributed by atoms with Crippen molar-refractivity contribution in [2.24, 2.45) is 7.05 Å². The maximum atomic E-state index is 12.0. The number of aryl methyl sites for hydroxylation is 1. The molecule has 1 amide bonds. The van der Waals surface area contributed by atoms with Gasteiger partial charge in [0.15, 0.2) is 5.82 Å². The molecule has 1 aliphatic carbocycles. The molecule has 10 nitrogen and oxygen atoms in total. The molecule has 3 heterocycles. The van der Waals surface area contributed by atoms with Crippen LogP contribution in [-0.4, -0.2) is 48.2 Å². The van der Waals surface area contributed by atoms with E-state index in [0.29, 0.717) is 22.8 Å². The van der Waals surface area contributed by atoms with Crippen molar-refractivity contribution < 1.29 is 14.6 Å². The molecule has 5 rings (SSSR count). The Balaban J connectivity index is 1.69. The lowest BCUT2D eigenvalue weighted by Crippen LogP contribution is -2.39. The number of carbonyl (C=O) groups is 1. The number of methoxy groups -OCH3 is 1. The quantitative estimate of drug-likeness (QED) is 0.494. The number of nitrogens with two attached hydrogens (primary N) is 1. The fourth-order valence-electron chi connectivity index (χ4n) is 4.08. The van der Waals surface area contributed by atoms with Crippen LogP contribution in [0, 0.1) is 0 Å². The van der Waals surface area contributed by atoms with Crippen molar-refractivity contribution in [3.8, 4) is 28.3 Å². The van der Waals surface area contributed by atoms with E-state index < -0.39 is 11.6 Å². The smallest absolute Gasteiger partial charge is 0.412 e. The number of fused-ring (bicyclic) bond motifs is 1. The number of anilines is 2. The van der Waals surface area contributed by atoms with Crippen LogP contribution in [0.25, 0.3) is 28.0 Å². The van der Waals surface area contributed by atoms with Gasteiger partial charge >= 0.3 is 6.09 Å². The van der Waals surface area contributed by atoms with Gasteiger partial charge in [-0.2, -0.15) is 10.2 Å². The first-order valence-electron chi connectivity index (χ1n) is 10.2. The fourth-order valence-corrected chi connectivity index (χ4v) is 4.08. The Bertz CT molecular complexity index is 1350. The van der Waals surface area contributed by atoms with E-state index in [0.717, 1.165) is 35.4 Å². The first-order valence-corrected chi connectivity index (χ1v) is 10.2. The zero-order chi connectivity index (χ0) is 22.6. The van der Waals surface area contributed by atoms with Crippen LogP contribution in [0.15, 0.2) is 42.9 Å². The fraction of sp³-hybridized carbons (Fsp3) is 0.273. The van der Waals surface area contributed by atoms with Gasteiger partial charge < -0.3 is 15.6 Å². The number of aromatic nitrogens is 5. The number of nitrogens with zero attached hydrogens (tertiary/aromatic N) is 6. The molecule has 0 aliphatic heterocycles. The Morgan fingerprint density at radius 1 is 1.28 bits per heavy atom. The molecule has 4 aromatic rings. The summed E-state index contributed by atoms with van der Waals surface area (Å²) < 4.78 is 9.04. The average molecular weight is 433 g/mol. The Morgan fingerprint density at radius 3 is 2.69 bits per heavy atom. The van der Waals surface area contributed by atoms with E-state index in [-0.39, 0.29) is 0 Å². The van der Waals surface area contributed by atoms with Crippen molar-refractivity contribution >= 4 is 23.1 Å². The monoisotopic (exact) mass is 433 g/mol. The van der Waals surface area contributed by atoms with Crippen molar-refractivity contribution in [1.82, 2.24) is 24.4 Å². The van der Waals surface area contributed by atoms with E-state index in [1.807, 2.05) is 44.4 Å². The van der Waals surface area contributed by atoms with E-state index in [4.69, 9.17) is 10.5 Å². The van der Waals surface area contributed by atoms with E-state index >= 15 is 0 Å². The van der Waals surface area contributed by atoms with Gasteiger partial charge in [0.2, 0.25) is 0 Å². The Kier molecular flexibility index (Phi) is 4.33. The minimum absolute atomic E-state index is 0.331. The zero-order valence-electron chi connectivity index (χ0n) is 18.0. The molecule has 0 unspecified atom stereocenters. The highest BCUT2D eigenvalue weighted by Gasteiger charge is 2.47. The Hall–Kier alpha value is -4.08. The predicted octanol–water partition coefficient (Wildman–Crippen LogP) is 3.42. The van der Waals surface area contributed by atoms with Gasteiger partial charge in [-0.05, 0) is 49.6 Å². The maximum absolute atomic E-state index is 12.0. The van der Waals surface area contributed by atoms with Gasteiger partial charge in [-0.15, -0.1) is 0 Å². The summed E-state index contributed by atoms with van der Waals surface area (Å²) in [6, 6.07) is 9.31. The summed E-state index contributed by atoms with van der Waals surface area (Å²) in [4.78, 5) is 17.6. The van der Waals surface area contributed by atoms with Crippen molar-refractivity contribution in [2.75, 3.05) is 17.7 Å². The molecular formula is C22H23N7O3. The first kappa shape index (κ1) is 19.9. The molecule has 1 saturated carbocycles. The molecule has 0 radical (unpaired) electrons. The molecule has 0 saturated heterocycles. The third-order valence-electron chi connectivity index (χ3n) is 6.00. The van der Waals surface area contributed by atoms with Crippen molar-refractivity contribution in [2.45, 2.75) is 25.3 Å². The lowest BCUT2D eigenvalue weighted by Gasteiger charge is -2.28. The number of ether oxygens (including phenoxy) is 1. The lowest BCUT2D eigenvalue weighted by atomic mass is 10.0. The molecular weight excluding hydrogens is 410 g/mol. The molecule has 1 fully saturated rings. The van der Waals surface area contributed by atoms with Gasteiger partial charge in [0, 0.05) is 24.3 Å². The van der Waals surface area contributed by atoms with E-state index in [1.54, 1.807) is 15.3 Å². The van der Waals surface area contributed by atoms with Crippen LogP contribution in [0.4, 0.5) is 16.3 Å². The van der Waals surface area contributed by atoms with Gasteiger partial charge in [0.25, 0.3) is 0 Å². The van der Waals surface area contributed by atoms with Crippen LogP contribution in [0.1, 0.15) is 19.8 Å². The van der Waals surface area contributed by atoms with E-state index in [2.05, 4.69) is 15.2 Å². The standard InChI is InChI=1S/C22H23N7O3/c1-22(7-8-22)28(21(30)31)16-5-4-13(10-18(16)32-3)14-11-17(15-6-9-27(2)26-15)29-19(14)20(23)24-12-25-29/h4-6,9-12H,7-8H2,1-3H3,(H,30,31)(H2,23,24,25). The summed E-state index contributed by atoms with van der Waals surface area (Å²) in [5.41, 5.74) is 10.1. The molecule has 3 N–H and O–H groups in total. The minimum Gasteiger partial charge on any atom is -0.495 e. The Morgan fingerprint density at radius 2 is 2.06 bits per heavy atom. The number of amides is 1. The van der Waals surface area contributed by atoms with Crippen molar-refractivity contribution in [1.29, 1.82) is 0 Å². The molecule has 1 aromatic carbocycles. The lowest BCUT2D eigenvalue weighted by molar-refractivity contribution is 0.198. The third kappa shape index (κ3) is 3.03. The van der Waals surface area contributed by atoms with Crippen LogP contribution in [0.5, 0.6) is 5.75 Å². The molecule has 0 spiro atoms. The van der Waals surface area contributed by atoms with Gasteiger partial charge in [-0.25, -0.2) is 14.3 Å². The highest BCUT2D eigenvalue weighted by Crippen LogP contribution is 2.47. The number of nitrogen functional groups attached to an aromatic ring is 1. The SMILES string of the molecule is COc1cc(-c2cc(-c3ccn(C)n3)n3ncnc(N)c23)ccc1N(C(=O)O)C1(C)CC1. The predicted molar refractivity (Wildman–Crippen MR) is 120 cm³/mol. The van der Waals surface area contributed by atoms with Crippen LogP contribution < -0.4 is 15.4 Å². The number of hydrogen-bond acceptors (Lipinski definition) is 6.